The molecule has 120 valence electrons. The van der Waals surface area contributed by atoms with Gasteiger partial charge in [-0.05, 0) is 55.7 Å². The number of thioether (sulfide) groups is 1. The van der Waals surface area contributed by atoms with Crippen LogP contribution in [0.15, 0.2) is 28.2 Å². The molecular formula is C16H19N5OS. The third-order valence-electron chi connectivity index (χ3n) is 4.55. The highest BCUT2D eigenvalue weighted by Gasteiger charge is 2.26. The van der Waals surface area contributed by atoms with E-state index in [4.69, 9.17) is 4.42 Å². The fraction of sp³-hybridized carbons (Fsp3) is 0.500. The smallest absolute Gasteiger partial charge is 0.276 e. The van der Waals surface area contributed by atoms with Gasteiger partial charge in [0, 0.05) is 18.4 Å². The second kappa shape index (κ2) is 5.96. The van der Waals surface area contributed by atoms with E-state index in [-0.39, 0.29) is 0 Å². The predicted octanol–water partition coefficient (Wildman–Crippen LogP) is 3.55. The van der Waals surface area contributed by atoms with Crippen molar-refractivity contribution in [2.24, 2.45) is 0 Å². The molecule has 7 heteroatoms. The van der Waals surface area contributed by atoms with Crippen molar-refractivity contribution in [2.75, 3.05) is 0 Å². The van der Waals surface area contributed by atoms with E-state index in [1.807, 2.05) is 11.4 Å². The normalized spacial score (nSPS) is 21.8. The Balaban J connectivity index is 1.44. The molecule has 0 N–H and O–H groups in total. The molecule has 23 heavy (non-hydrogen) atoms. The van der Waals surface area contributed by atoms with Gasteiger partial charge in [-0.25, -0.2) is 9.50 Å². The maximum atomic E-state index is 5.48. The molecule has 1 fully saturated rings. The molecular weight excluding hydrogens is 310 g/mol. The third-order valence-corrected chi connectivity index (χ3v) is 5.72. The minimum Gasteiger partial charge on any atom is -0.416 e. The van der Waals surface area contributed by atoms with Crippen LogP contribution < -0.4 is 0 Å². The highest BCUT2D eigenvalue weighted by atomic mass is 32.2. The molecule has 0 bridgehead atoms. The monoisotopic (exact) mass is 329 g/mol. The molecule has 1 aliphatic carbocycles. The number of hydrogen-bond donors (Lipinski definition) is 0. The number of pyridine rings is 1. The van der Waals surface area contributed by atoms with Crippen LogP contribution in [0.4, 0.5) is 0 Å². The molecule has 4 rings (SSSR count). The number of aryl methyl sites for hydroxylation is 2. The molecule has 0 radical (unpaired) electrons. The molecule has 0 spiro atoms. The Morgan fingerprint density at radius 1 is 1.17 bits per heavy atom. The lowest BCUT2D eigenvalue weighted by molar-refractivity contribution is 0.419. The van der Waals surface area contributed by atoms with Crippen LogP contribution in [-0.2, 0) is 0 Å². The largest absolute Gasteiger partial charge is 0.416 e. The number of rotatable bonds is 3. The lowest BCUT2D eigenvalue weighted by Gasteiger charge is -2.28. The number of aromatic nitrogens is 5. The maximum Gasteiger partial charge on any atom is 0.276 e. The standard InChI is InChI=1S/C16H19N5OS/c1-10-7-15-17-9-18-21(15)8-14(10)12-3-5-13(6-4-12)23-16-20-19-11(2)22-16/h7-9,12-13H,3-6H2,1-2H3. The van der Waals surface area contributed by atoms with Gasteiger partial charge in [0.1, 0.15) is 6.33 Å². The fourth-order valence-electron chi connectivity index (χ4n) is 3.36. The molecule has 3 aromatic rings. The molecule has 3 heterocycles. The van der Waals surface area contributed by atoms with E-state index in [1.165, 1.54) is 36.8 Å². The quantitative estimate of drug-likeness (QED) is 0.732. The Labute approximate surface area is 138 Å². The van der Waals surface area contributed by atoms with E-state index in [2.05, 4.69) is 39.5 Å². The SMILES string of the molecule is Cc1nnc(SC2CCC(c3cn4ncnc4cc3C)CC2)o1. The van der Waals surface area contributed by atoms with Crippen LogP contribution >= 0.6 is 11.8 Å². The second-order valence-corrected chi connectivity index (χ2v) is 7.40. The molecule has 1 saturated carbocycles. The van der Waals surface area contributed by atoms with Gasteiger partial charge in [-0.15, -0.1) is 10.2 Å². The van der Waals surface area contributed by atoms with E-state index < -0.39 is 0 Å². The summed E-state index contributed by atoms with van der Waals surface area (Å²) in [7, 11) is 0. The minimum absolute atomic E-state index is 0.571. The zero-order valence-electron chi connectivity index (χ0n) is 13.3. The Morgan fingerprint density at radius 2 is 2.00 bits per heavy atom. The summed E-state index contributed by atoms with van der Waals surface area (Å²) in [6.45, 7) is 4.00. The first kappa shape index (κ1) is 14.7. The molecule has 3 aromatic heterocycles. The van der Waals surface area contributed by atoms with E-state index in [9.17, 15) is 0 Å². The summed E-state index contributed by atoms with van der Waals surface area (Å²) in [6, 6.07) is 2.13. The lowest BCUT2D eigenvalue weighted by Crippen LogP contribution is -2.16. The topological polar surface area (TPSA) is 69.1 Å². The Bertz CT molecular complexity index is 819. The van der Waals surface area contributed by atoms with Crippen LogP contribution in [-0.4, -0.2) is 30.0 Å². The Hall–Kier alpha value is -1.89. The predicted molar refractivity (Wildman–Crippen MR) is 87.6 cm³/mol. The Morgan fingerprint density at radius 3 is 2.74 bits per heavy atom. The van der Waals surface area contributed by atoms with Crippen molar-refractivity contribution in [2.45, 2.75) is 55.9 Å². The molecule has 0 saturated heterocycles. The van der Waals surface area contributed by atoms with Crippen LogP contribution in [0.2, 0.25) is 0 Å². The van der Waals surface area contributed by atoms with Crippen LogP contribution in [0.5, 0.6) is 0 Å². The summed E-state index contributed by atoms with van der Waals surface area (Å²) in [5, 5.41) is 13.5. The number of nitrogens with zero attached hydrogens (tertiary/aromatic N) is 5. The van der Waals surface area contributed by atoms with Crippen molar-refractivity contribution in [1.29, 1.82) is 0 Å². The highest BCUT2D eigenvalue weighted by Crippen LogP contribution is 2.40. The molecule has 0 unspecified atom stereocenters. The average molecular weight is 329 g/mol. The van der Waals surface area contributed by atoms with Gasteiger partial charge < -0.3 is 4.42 Å². The van der Waals surface area contributed by atoms with Crippen LogP contribution in [0.25, 0.3) is 5.65 Å². The number of hydrogen-bond acceptors (Lipinski definition) is 6. The van der Waals surface area contributed by atoms with Gasteiger partial charge in [-0.2, -0.15) is 5.10 Å². The van der Waals surface area contributed by atoms with Gasteiger partial charge in [0.15, 0.2) is 5.65 Å². The van der Waals surface area contributed by atoms with Crippen molar-refractivity contribution >= 4 is 17.4 Å². The summed E-state index contributed by atoms with van der Waals surface area (Å²) in [5.74, 6) is 1.24. The van der Waals surface area contributed by atoms with Crippen molar-refractivity contribution in [3.8, 4) is 0 Å². The molecule has 0 aromatic carbocycles. The zero-order chi connectivity index (χ0) is 15.8. The van der Waals surface area contributed by atoms with E-state index >= 15 is 0 Å². The van der Waals surface area contributed by atoms with Gasteiger partial charge in [-0.3, -0.25) is 0 Å². The van der Waals surface area contributed by atoms with Crippen LogP contribution in [0.1, 0.15) is 48.6 Å². The molecule has 0 aliphatic heterocycles. The number of fused-ring (bicyclic) bond motifs is 1. The van der Waals surface area contributed by atoms with Crippen molar-refractivity contribution in [3.63, 3.8) is 0 Å². The van der Waals surface area contributed by atoms with Crippen molar-refractivity contribution in [3.05, 3.63) is 35.6 Å². The van der Waals surface area contributed by atoms with Crippen LogP contribution in [0.3, 0.4) is 0 Å². The maximum absolute atomic E-state index is 5.48. The Kier molecular flexibility index (Phi) is 3.80. The van der Waals surface area contributed by atoms with E-state index in [1.54, 1.807) is 18.1 Å². The molecule has 6 nitrogen and oxygen atoms in total. The summed E-state index contributed by atoms with van der Waals surface area (Å²) in [4.78, 5) is 4.25. The lowest BCUT2D eigenvalue weighted by atomic mass is 9.83. The first-order valence-electron chi connectivity index (χ1n) is 7.95. The first-order chi connectivity index (χ1) is 11.2. The van der Waals surface area contributed by atoms with Gasteiger partial charge in [0.05, 0.1) is 0 Å². The van der Waals surface area contributed by atoms with E-state index in [0.717, 1.165) is 5.65 Å². The summed E-state index contributed by atoms with van der Waals surface area (Å²) < 4.78 is 7.36. The fourth-order valence-corrected chi connectivity index (χ4v) is 4.41. The summed E-state index contributed by atoms with van der Waals surface area (Å²) >= 11 is 1.72. The molecule has 0 amide bonds. The average Bonchev–Trinajstić information content (AvgIpc) is 3.16. The second-order valence-electron chi connectivity index (χ2n) is 6.15. The molecule has 0 atom stereocenters. The third kappa shape index (κ3) is 2.97. The zero-order valence-corrected chi connectivity index (χ0v) is 14.1. The van der Waals surface area contributed by atoms with Gasteiger partial charge in [0.2, 0.25) is 5.89 Å². The minimum atomic E-state index is 0.571. The van der Waals surface area contributed by atoms with Gasteiger partial charge >= 0.3 is 0 Å². The van der Waals surface area contributed by atoms with E-state index in [0.29, 0.717) is 22.3 Å². The summed E-state index contributed by atoms with van der Waals surface area (Å²) in [5.41, 5.74) is 3.64. The van der Waals surface area contributed by atoms with Crippen LogP contribution in [0, 0.1) is 13.8 Å². The summed E-state index contributed by atoms with van der Waals surface area (Å²) in [6.07, 6.45) is 8.48. The van der Waals surface area contributed by atoms with Gasteiger partial charge in [-0.1, -0.05) is 11.8 Å². The van der Waals surface area contributed by atoms with Crippen molar-refractivity contribution in [1.82, 2.24) is 24.8 Å². The molecule has 1 aliphatic rings. The highest BCUT2D eigenvalue weighted by molar-refractivity contribution is 7.99. The van der Waals surface area contributed by atoms with Crippen molar-refractivity contribution < 1.29 is 4.42 Å². The van der Waals surface area contributed by atoms with Gasteiger partial charge in [0.25, 0.3) is 5.22 Å². The first-order valence-corrected chi connectivity index (χ1v) is 8.83.